The van der Waals surface area contributed by atoms with Crippen molar-refractivity contribution in [2.45, 2.75) is 25.4 Å². The highest BCUT2D eigenvalue weighted by Gasteiger charge is 2.20. The molecule has 0 bridgehead atoms. The number of anilines is 2. The molecule has 8 nitrogen and oxygen atoms in total. The van der Waals surface area contributed by atoms with Crippen LogP contribution in [0.5, 0.6) is 11.5 Å². The van der Waals surface area contributed by atoms with Gasteiger partial charge in [0.05, 0.1) is 13.3 Å². The predicted molar refractivity (Wildman–Crippen MR) is 108 cm³/mol. The smallest absolute Gasteiger partial charge is 0.224 e. The summed E-state index contributed by atoms with van der Waals surface area (Å²) in [5.74, 6) is 1.80. The SMILES string of the molecule is COc1ccc(CN2CCC(Nc3ncc(C#N)c(N)n3)CC2)cc1OCCF. The number of ether oxygens (including phenoxy) is 2. The molecular weight excluding hydrogens is 375 g/mol. The summed E-state index contributed by atoms with van der Waals surface area (Å²) in [5.41, 5.74) is 7.12. The fourth-order valence-electron chi connectivity index (χ4n) is 3.31. The van der Waals surface area contributed by atoms with Crippen LogP contribution in [0.15, 0.2) is 24.4 Å². The van der Waals surface area contributed by atoms with Gasteiger partial charge in [0, 0.05) is 25.7 Å². The molecule has 2 aromatic rings. The number of halogens is 1. The molecule has 0 aliphatic carbocycles. The van der Waals surface area contributed by atoms with Crippen LogP contribution >= 0.6 is 0 Å². The molecular formula is C20H25FN6O2. The molecule has 0 spiro atoms. The molecule has 1 aliphatic rings. The zero-order valence-corrected chi connectivity index (χ0v) is 16.4. The van der Waals surface area contributed by atoms with Gasteiger partial charge in [0.15, 0.2) is 11.5 Å². The van der Waals surface area contributed by atoms with Gasteiger partial charge in [0.1, 0.15) is 30.7 Å². The first kappa shape index (κ1) is 20.6. The van der Waals surface area contributed by atoms with Gasteiger partial charge >= 0.3 is 0 Å². The number of hydrogen-bond acceptors (Lipinski definition) is 8. The van der Waals surface area contributed by atoms with Crippen molar-refractivity contribution in [2.75, 3.05) is 44.5 Å². The standard InChI is InChI=1S/C20H25FN6O2/c1-28-17-3-2-14(10-18(17)29-9-6-21)13-27-7-4-16(5-8-27)25-20-24-12-15(11-22)19(23)26-20/h2-3,10,12,16H,4-9,13H2,1H3,(H3,23,24,25,26). The molecule has 0 amide bonds. The maximum atomic E-state index is 12.4. The Labute approximate surface area is 169 Å². The Hall–Kier alpha value is -3.12. The minimum absolute atomic E-state index is 0.0127. The lowest BCUT2D eigenvalue weighted by Gasteiger charge is -2.32. The Morgan fingerprint density at radius 1 is 1.34 bits per heavy atom. The van der Waals surface area contributed by atoms with Crippen molar-refractivity contribution in [3.8, 4) is 17.6 Å². The highest BCUT2D eigenvalue weighted by molar-refractivity contribution is 5.50. The van der Waals surface area contributed by atoms with Gasteiger partial charge in [-0.05, 0) is 30.5 Å². The Bertz CT molecular complexity index is 865. The lowest BCUT2D eigenvalue weighted by Crippen LogP contribution is -2.39. The van der Waals surface area contributed by atoms with Gasteiger partial charge in [0.2, 0.25) is 5.95 Å². The molecule has 9 heteroatoms. The van der Waals surface area contributed by atoms with Crippen molar-refractivity contribution in [1.82, 2.24) is 14.9 Å². The molecule has 154 valence electrons. The second-order valence-electron chi connectivity index (χ2n) is 6.82. The number of piperidine rings is 1. The molecule has 3 rings (SSSR count). The van der Waals surface area contributed by atoms with E-state index in [1.54, 1.807) is 7.11 Å². The van der Waals surface area contributed by atoms with E-state index in [0.717, 1.165) is 38.0 Å². The molecule has 0 radical (unpaired) electrons. The second-order valence-corrected chi connectivity index (χ2v) is 6.82. The summed E-state index contributed by atoms with van der Waals surface area (Å²) in [6, 6.07) is 7.96. The molecule has 3 N–H and O–H groups in total. The molecule has 1 fully saturated rings. The topological polar surface area (TPSA) is 109 Å². The highest BCUT2D eigenvalue weighted by Crippen LogP contribution is 2.29. The summed E-state index contributed by atoms with van der Waals surface area (Å²) >= 11 is 0. The van der Waals surface area contributed by atoms with Crippen LogP contribution in [0, 0.1) is 11.3 Å². The first-order valence-corrected chi connectivity index (χ1v) is 9.50. The first-order chi connectivity index (χ1) is 14.1. The van der Waals surface area contributed by atoms with E-state index in [1.165, 1.54) is 6.20 Å². The molecule has 1 aromatic carbocycles. The van der Waals surface area contributed by atoms with Crippen molar-refractivity contribution in [1.29, 1.82) is 5.26 Å². The molecule has 0 atom stereocenters. The number of alkyl halides is 1. The normalized spacial score (nSPS) is 14.9. The van der Waals surface area contributed by atoms with Crippen molar-refractivity contribution in [3.63, 3.8) is 0 Å². The summed E-state index contributed by atoms with van der Waals surface area (Å²) in [4.78, 5) is 10.6. The van der Waals surface area contributed by atoms with Crippen LogP contribution in [0.25, 0.3) is 0 Å². The Balaban J connectivity index is 1.53. The van der Waals surface area contributed by atoms with Gasteiger partial charge in [-0.1, -0.05) is 6.07 Å². The molecule has 2 heterocycles. The second kappa shape index (κ2) is 9.89. The average Bonchev–Trinajstić information content (AvgIpc) is 2.74. The summed E-state index contributed by atoms with van der Waals surface area (Å²) < 4.78 is 23.1. The van der Waals surface area contributed by atoms with Crippen molar-refractivity contribution >= 4 is 11.8 Å². The fourth-order valence-corrected chi connectivity index (χ4v) is 3.31. The number of nitrogens with zero attached hydrogens (tertiary/aromatic N) is 4. The fraction of sp³-hybridized carbons (Fsp3) is 0.450. The van der Waals surface area contributed by atoms with Crippen LogP contribution < -0.4 is 20.5 Å². The lowest BCUT2D eigenvalue weighted by atomic mass is 10.0. The van der Waals surface area contributed by atoms with Crippen LogP contribution in [0.4, 0.5) is 16.2 Å². The van der Waals surface area contributed by atoms with Crippen molar-refractivity contribution in [3.05, 3.63) is 35.5 Å². The van der Waals surface area contributed by atoms with Gasteiger partial charge < -0.3 is 20.5 Å². The van der Waals surface area contributed by atoms with E-state index in [9.17, 15) is 4.39 Å². The van der Waals surface area contributed by atoms with Crippen LogP contribution in [0.3, 0.4) is 0 Å². The highest BCUT2D eigenvalue weighted by atomic mass is 19.1. The molecule has 1 aromatic heterocycles. The van der Waals surface area contributed by atoms with Crippen LogP contribution in [-0.4, -0.2) is 54.4 Å². The molecule has 0 saturated carbocycles. The molecule has 0 unspecified atom stereocenters. The first-order valence-electron chi connectivity index (χ1n) is 9.50. The zero-order valence-electron chi connectivity index (χ0n) is 16.4. The largest absolute Gasteiger partial charge is 0.493 e. The number of rotatable bonds is 8. The third kappa shape index (κ3) is 5.45. The average molecular weight is 400 g/mol. The minimum atomic E-state index is -0.539. The van der Waals surface area contributed by atoms with Gasteiger partial charge in [-0.3, -0.25) is 4.90 Å². The van der Waals surface area contributed by atoms with Gasteiger partial charge in [-0.2, -0.15) is 10.2 Å². The Kier molecular flexibility index (Phi) is 7.03. The summed E-state index contributed by atoms with van der Waals surface area (Å²) in [6.45, 7) is 2.08. The number of nitrogens with two attached hydrogens (primary N) is 1. The number of nitrogen functional groups attached to an aromatic ring is 1. The van der Waals surface area contributed by atoms with E-state index in [2.05, 4.69) is 20.2 Å². The summed E-state index contributed by atoms with van der Waals surface area (Å²) in [6.07, 6.45) is 3.31. The van der Waals surface area contributed by atoms with Gasteiger partial charge in [-0.25, -0.2) is 9.37 Å². The number of likely N-dealkylation sites (tertiary alicyclic amines) is 1. The summed E-state index contributed by atoms with van der Waals surface area (Å²) in [7, 11) is 1.57. The third-order valence-electron chi connectivity index (χ3n) is 4.83. The zero-order chi connectivity index (χ0) is 20.6. The lowest BCUT2D eigenvalue weighted by molar-refractivity contribution is 0.210. The van der Waals surface area contributed by atoms with E-state index in [-0.39, 0.29) is 24.0 Å². The van der Waals surface area contributed by atoms with E-state index >= 15 is 0 Å². The molecule has 1 saturated heterocycles. The third-order valence-corrected chi connectivity index (χ3v) is 4.83. The number of methoxy groups -OCH3 is 1. The molecule has 29 heavy (non-hydrogen) atoms. The molecule has 1 aliphatic heterocycles. The quantitative estimate of drug-likeness (QED) is 0.695. The minimum Gasteiger partial charge on any atom is -0.493 e. The number of nitriles is 1. The van der Waals surface area contributed by atoms with Gasteiger partial charge in [0.25, 0.3) is 0 Å². The maximum absolute atomic E-state index is 12.4. The van der Waals surface area contributed by atoms with E-state index in [0.29, 0.717) is 17.4 Å². The number of benzene rings is 1. The number of hydrogen-bond donors (Lipinski definition) is 2. The van der Waals surface area contributed by atoms with Crippen molar-refractivity contribution < 1.29 is 13.9 Å². The van der Waals surface area contributed by atoms with E-state index in [4.69, 9.17) is 20.5 Å². The summed E-state index contributed by atoms with van der Waals surface area (Å²) in [5, 5.41) is 12.2. The Morgan fingerprint density at radius 3 is 2.79 bits per heavy atom. The van der Waals surface area contributed by atoms with E-state index < -0.39 is 6.67 Å². The van der Waals surface area contributed by atoms with E-state index in [1.807, 2.05) is 24.3 Å². The number of aromatic nitrogens is 2. The van der Waals surface area contributed by atoms with Crippen LogP contribution in [0.2, 0.25) is 0 Å². The van der Waals surface area contributed by atoms with Crippen molar-refractivity contribution in [2.24, 2.45) is 0 Å². The number of nitrogens with one attached hydrogen (secondary N) is 1. The Morgan fingerprint density at radius 2 is 2.14 bits per heavy atom. The maximum Gasteiger partial charge on any atom is 0.224 e. The monoisotopic (exact) mass is 400 g/mol. The van der Waals surface area contributed by atoms with Crippen LogP contribution in [-0.2, 0) is 6.54 Å². The predicted octanol–water partition coefficient (Wildman–Crippen LogP) is 2.36. The van der Waals surface area contributed by atoms with Crippen LogP contribution in [0.1, 0.15) is 24.0 Å². The van der Waals surface area contributed by atoms with Gasteiger partial charge in [-0.15, -0.1) is 0 Å².